The number of aryl methyl sites for hydroxylation is 3. The van der Waals surface area contributed by atoms with E-state index in [2.05, 4.69) is 11.5 Å². The zero-order chi connectivity index (χ0) is 29.6. The van der Waals surface area contributed by atoms with Crippen LogP contribution in [0.15, 0.2) is 84.9 Å². The van der Waals surface area contributed by atoms with E-state index in [0.29, 0.717) is 29.0 Å². The van der Waals surface area contributed by atoms with Gasteiger partial charge in [-0.1, -0.05) is 61.5 Å². The lowest BCUT2D eigenvalue weighted by molar-refractivity contribution is 0.0697. The predicted molar refractivity (Wildman–Crippen MR) is 156 cm³/mol. The smallest absolute Gasteiger partial charge is 0.336 e. The van der Waals surface area contributed by atoms with Crippen LogP contribution < -0.4 is 0 Å². The van der Waals surface area contributed by atoms with E-state index in [4.69, 9.17) is 14.1 Å². The number of aromatic carboxylic acids is 1. The van der Waals surface area contributed by atoms with Crippen molar-refractivity contribution in [1.29, 1.82) is 0 Å². The Balaban J connectivity index is 1.46. The summed E-state index contributed by atoms with van der Waals surface area (Å²) < 4.78 is 28.3. The summed E-state index contributed by atoms with van der Waals surface area (Å²) in [5.74, 6) is 0.395. The first-order valence-corrected chi connectivity index (χ1v) is 13.1. The van der Waals surface area contributed by atoms with Crippen LogP contribution in [0, 0.1) is 6.92 Å². The SMILES string of the molecule is [2H]C([2H])([2H])n1c(-c2cc(C)c3nc(CCC)n(Cc4ccc(-c5ccccc5C(=O)O)cc4)c3c2)nc2ccccc21. The van der Waals surface area contributed by atoms with Crippen LogP contribution in [0.5, 0.6) is 0 Å². The van der Waals surface area contributed by atoms with Gasteiger partial charge in [0.1, 0.15) is 11.6 Å². The summed E-state index contributed by atoms with van der Waals surface area (Å²) in [4.78, 5) is 21.5. The van der Waals surface area contributed by atoms with E-state index in [0.717, 1.165) is 52.0 Å². The monoisotopic (exact) mass is 517 g/mol. The molecule has 0 radical (unpaired) electrons. The van der Waals surface area contributed by atoms with Gasteiger partial charge in [-0.2, -0.15) is 0 Å². The second-order valence-corrected chi connectivity index (χ2v) is 9.83. The minimum atomic E-state index is -2.40. The lowest BCUT2D eigenvalue weighted by Gasteiger charge is -2.12. The molecule has 2 heterocycles. The summed E-state index contributed by atoms with van der Waals surface area (Å²) in [7, 11) is 0. The number of hydrogen-bond donors (Lipinski definition) is 1. The third kappa shape index (κ3) is 4.38. The molecule has 0 aliphatic rings. The lowest BCUT2D eigenvalue weighted by atomic mass is 9.98. The van der Waals surface area contributed by atoms with Crippen LogP contribution in [-0.4, -0.2) is 30.2 Å². The first kappa shape index (κ1) is 21.2. The fourth-order valence-corrected chi connectivity index (χ4v) is 5.27. The number of benzene rings is 4. The van der Waals surface area contributed by atoms with Gasteiger partial charge in [-0.05, 0) is 65.9 Å². The van der Waals surface area contributed by atoms with Crippen molar-refractivity contribution < 1.29 is 14.0 Å². The highest BCUT2D eigenvalue weighted by Gasteiger charge is 2.17. The highest BCUT2D eigenvalue weighted by Crippen LogP contribution is 2.31. The molecule has 6 heteroatoms. The van der Waals surface area contributed by atoms with E-state index >= 15 is 0 Å². The van der Waals surface area contributed by atoms with Crippen molar-refractivity contribution in [2.75, 3.05) is 0 Å². The zero-order valence-corrected chi connectivity index (χ0v) is 21.8. The predicted octanol–water partition coefficient (Wildman–Crippen LogP) is 7.26. The molecule has 194 valence electrons. The molecular weight excluding hydrogens is 484 g/mol. The number of rotatable bonds is 7. The van der Waals surface area contributed by atoms with Crippen LogP contribution in [0.1, 0.15) is 44.8 Å². The molecule has 6 nitrogen and oxygen atoms in total. The van der Waals surface area contributed by atoms with Gasteiger partial charge in [-0.3, -0.25) is 0 Å². The third-order valence-corrected chi connectivity index (χ3v) is 7.18. The van der Waals surface area contributed by atoms with E-state index in [-0.39, 0.29) is 5.56 Å². The molecule has 0 saturated heterocycles. The van der Waals surface area contributed by atoms with E-state index in [1.165, 1.54) is 4.57 Å². The molecule has 0 unspecified atom stereocenters. The molecule has 2 aromatic heterocycles. The molecule has 6 rings (SSSR count). The maximum Gasteiger partial charge on any atom is 0.336 e. The average Bonchev–Trinajstić information content (AvgIpc) is 3.53. The first-order valence-electron chi connectivity index (χ1n) is 14.6. The van der Waals surface area contributed by atoms with Gasteiger partial charge in [0.25, 0.3) is 0 Å². The molecule has 0 fully saturated rings. The second kappa shape index (κ2) is 9.87. The molecule has 0 atom stereocenters. The van der Waals surface area contributed by atoms with Crippen LogP contribution in [0.25, 0.3) is 44.6 Å². The summed E-state index contributed by atoms with van der Waals surface area (Å²) in [6, 6.07) is 26.2. The number of imidazole rings is 2. The number of carboxylic acid groups (broad SMARTS) is 1. The van der Waals surface area contributed by atoms with E-state index in [1.807, 2.05) is 73.7 Å². The van der Waals surface area contributed by atoms with Crippen molar-refractivity contribution in [3.05, 3.63) is 107 Å². The molecule has 0 bridgehead atoms. The van der Waals surface area contributed by atoms with E-state index < -0.39 is 12.9 Å². The topological polar surface area (TPSA) is 72.9 Å². The Morgan fingerprint density at radius 1 is 0.923 bits per heavy atom. The Kier molecular flexibility index (Phi) is 5.38. The Labute approximate surface area is 231 Å². The van der Waals surface area contributed by atoms with Crippen LogP contribution in [-0.2, 0) is 19.9 Å². The van der Waals surface area contributed by atoms with Gasteiger partial charge >= 0.3 is 5.97 Å². The van der Waals surface area contributed by atoms with Gasteiger partial charge < -0.3 is 14.2 Å². The van der Waals surface area contributed by atoms with Crippen LogP contribution in [0.2, 0.25) is 0 Å². The lowest BCUT2D eigenvalue weighted by Crippen LogP contribution is -2.05. The molecule has 39 heavy (non-hydrogen) atoms. The highest BCUT2D eigenvalue weighted by atomic mass is 16.4. The van der Waals surface area contributed by atoms with Crippen molar-refractivity contribution >= 4 is 28.0 Å². The molecule has 6 aromatic rings. The Morgan fingerprint density at radius 3 is 2.46 bits per heavy atom. The summed E-state index contributed by atoms with van der Waals surface area (Å²) >= 11 is 0. The first-order chi connectivity index (χ1) is 20.2. The Hall–Kier alpha value is -4.71. The second-order valence-electron chi connectivity index (χ2n) is 9.83. The zero-order valence-electron chi connectivity index (χ0n) is 24.8. The molecular formula is C33H30N4O2. The number of nitrogens with zero attached hydrogens (tertiary/aromatic N) is 4. The molecule has 1 N–H and O–H groups in total. The summed E-state index contributed by atoms with van der Waals surface area (Å²) in [5, 5.41) is 9.62. The number of para-hydroxylation sites is 2. The van der Waals surface area contributed by atoms with Gasteiger partial charge in [0.15, 0.2) is 0 Å². The Morgan fingerprint density at radius 2 is 1.69 bits per heavy atom. The Bertz CT molecular complexity index is 1950. The summed E-state index contributed by atoms with van der Waals surface area (Å²) in [5.41, 5.74) is 7.48. The quantitative estimate of drug-likeness (QED) is 0.242. The summed E-state index contributed by atoms with van der Waals surface area (Å²) in [6.45, 7) is 2.28. The molecule has 0 amide bonds. The van der Waals surface area contributed by atoms with E-state index in [9.17, 15) is 9.90 Å². The van der Waals surface area contributed by atoms with E-state index in [1.54, 1.807) is 18.2 Å². The van der Waals surface area contributed by atoms with Crippen molar-refractivity contribution in [1.82, 2.24) is 19.1 Å². The highest BCUT2D eigenvalue weighted by molar-refractivity contribution is 5.96. The minimum absolute atomic E-state index is 0.266. The standard InChI is InChI=1S/C33H30N4O2/c1-4-9-30-35-31-21(2)18-24(32-34-27-12-7-8-13-28(27)36(32)3)19-29(31)37(30)20-22-14-16-23(17-15-22)25-10-5-6-11-26(25)33(38)39/h5-8,10-19H,4,9,20H2,1-3H3,(H,38,39)/i3D3. The van der Waals surface area contributed by atoms with Gasteiger partial charge in [0.2, 0.25) is 0 Å². The van der Waals surface area contributed by atoms with Crippen molar-refractivity contribution in [3.63, 3.8) is 0 Å². The largest absolute Gasteiger partial charge is 0.478 e. The molecule has 0 saturated carbocycles. The molecule has 0 aliphatic carbocycles. The maximum atomic E-state index is 11.7. The van der Waals surface area contributed by atoms with Crippen LogP contribution in [0.4, 0.5) is 0 Å². The third-order valence-electron chi connectivity index (χ3n) is 7.18. The number of carboxylic acids is 1. The number of aromatic nitrogens is 4. The van der Waals surface area contributed by atoms with Crippen molar-refractivity contribution in [2.24, 2.45) is 6.98 Å². The minimum Gasteiger partial charge on any atom is -0.478 e. The maximum absolute atomic E-state index is 11.7. The fourth-order valence-electron chi connectivity index (χ4n) is 5.27. The van der Waals surface area contributed by atoms with Gasteiger partial charge in [0, 0.05) is 29.6 Å². The normalized spacial score (nSPS) is 12.9. The molecule has 0 spiro atoms. The average molecular weight is 518 g/mol. The van der Waals surface area contributed by atoms with Gasteiger partial charge in [-0.15, -0.1) is 0 Å². The van der Waals surface area contributed by atoms with Crippen LogP contribution in [0.3, 0.4) is 0 Å². The molecule has 0 aliphatic heterocycles. The summed E-state index contributed by atoms with van der Waals surface area (Å²) in [6.07, 6.45) is 1.72. The van der Waals surface area contributed by atoms with Gasteiger partial charge in [-0.25, -0.2) is 14.8 Å². The number of fused-ring (bicyclic) bond motifs is 2. The molecule has 4 aromatic carbocycles. The van der Waals surface area contributed by atoms with Crippen molar-refractivity contribution in [3.8, 4) is 22.5 Å². The van der Waals surface area contributed by atoms with Crippen molar-refractivity contribution in [2.45, 2.75) is 33.2 Å². The number of hydrogen-bond acceptors (Lipinski definition) is 3. The van der Waals surface area contributed by atoms with Gasteiger partial charge in [0.05, 0.1) is 27.6 Å². The fraction of sp³-hybridized carbons (Fsp3) is 0.182. The van der Waals surface area contributed by atoms with Crippen LogP contribution >= 0.6 is 0 Å². The number of carbonyl (C=O) groups is 1.